The molecule has 0 aliphatic heterocycles. The molecule has 0 aliphatic carbocycles. The second kappa shape index (κ2) is 7.76. The zero-order valence-corrected chi connectivity index (χ0v) is 13.7. The van der Waals surface area contributed by atoms with Crippen molar-refractivity contribution in [3.8, 4) is 0 Å². The number of rotatable bonds is 8. The zero-order chi connectivity index (χ0) is 15.2. The fourth-order valence-corrected chi connectivity index (χ4v) is 2.86. The highest BCUT2D eigenvalue weighted by Crippen LogP contribution is 2.20. The molecule has 0 fully saturated rings. The minimum atomic E-state index is -2.88. The molecule has 0 spiro atoms. The van der Waals surface area contributed by atoms with Crippen molar-refractivity contribution < 1.29 is 8.42 Å². The molecule has 0 saturated carbocycles. The van der Waals surface area contributed by atoms with Crippen LogP contribution in [-0.4, -0.2) is 52.5 Å². The van der Waals surface area contributed by atoms with Crippen LogP contribution in [0.2, 0.25) is 0 Å². The van der Waals surface area contributed by atoms with E-state index in [0.29, 0.717) is 12.6 Å². The second-order valence-electron chi connectivity index (χ2n) is 5.42. The van der Waals surface area contributed by atoms with Crippen molar-refractivity contribution in [1.29, 1.82) is 0 Å². The first-order chi connectivity index (χ1) is 9.33. The van der Waals surface area contributed by atoms with Crippen molar-refractivity contribution in [1.82, 2.24) is 10.2 Å². The summed E-state index contributed by atoms with van der Waals surface area (Å²) in [7, 11) is 1.05. The van der Waals surface area contributed by atoms with E-state index in [1.54, 1.807) is 0 Å². The van der Waals surface area contributed by atoms with E-state index in [2.05, 4.69) is 35.3 Å². The third-order valence-electron chi connectivity index (χ3n) is 3.56. The highest BCUT2D eigenvalue weighted by atomic mass is 32.2. The Morgan fingerprint density at radius 1 is 1.25 bits per heavy atom. The van der Waals surface area contributed by atoms with Crippen LogP contribution in [0.25, 0.3) is 0 Å². The van der Waals surface area contributed by atoms with Gasteiger partial charge in [0.25, 0.3) is 0 Å². The molecule has 1 aromatic rings. The lowest BCUT2D eigenvalue weighted by Gasteiger charge is -2.22. The van der Waals surface area contributed by atoms with Gasteiger partial charge in [0.15, 0.2) is 0 Å². The molecule has 0 saturated heterocycles. The molecule has 1 unspecified atom stereocenters. The summed E-state index contributed by atoms with van der Waals surface area (Å²) in [5.41, 5.74) is 2.59. The first kappa shape index (κ1) is 17.1. The summed E-state index contributed by atoms with van der Waals surface area (Å²) in [5.74, 6) is 0.220. The molecule has 114 valence electrons. The molecule has 1 aromatic carbocycles. The molecule has 5 heteroatoms. The number of hydrogen-bond acceptors (Lipinski definition) is 4. The van der Waals surface area contributed by atoms with E-state index in [1.807, 2.05) is 20.2 Å². The van der Waals surface area contributed by atoms with Gasteiger partial charge in [0, 0.05) is 18.8 Å². The van der Waals surface area contributed by atoms with Crippen molar-refractivity contribution >= 4 is 9.84 Å². The van der Waals surface area contributed by atoms with Crippen LogP contribution in [-0.2, 0) is 9.84 Å². The number of benzene rings is 1. The molecular weight excluding hydrogens is 272 g/mol. The summed E-state index contributed by atoms with van der Waals surface area (Å²) in [6.45, 7) is 3.57. The molecule has 0 bridgehead atoms. The maximum absolute atomic E-state index is 11.2. The Bertz CT molecular complexity index is 514. The topological polar surface area (TPSA) is 49.4 Å². The van der Waals surface area contributed by atoms with Crippen molar-refractivity contribution in [3.63, 3.8) is 0 Å². The van der Waals surface area contributed by atoms with Crippen LogP contribution in [0.15, 0.2) is 24.3 Å². The summed E-state index contributed by atoms with van der Waals surface area (Å²) in [5, 5.41) is 3.34. The lowest BCUT2D eigenvalue weighted by atomic mass is 9.99. The smallest absolute Gasteiger partial charge is 0.148 e. The van der Waals surface area contributed by atoms with Crippen LogP contribution < -0.4 is 5.32 Å². The molecule has 1 rings (SSSR count). The normalized spacial score (nSPS) is 13.7. The largest absolute Gasteiger partial charge is 0.313 e. The van der Waals surface area contributed by atoms with Crippen LogP contribution in [0, 0.1) is 6.92 Å². The summed E-state index contributed by atoms with van der Waals surface area (Å²) < 4.78 is 22.3. The molecule has 0 aliphatic rings. The lowest BCUT2D eigenvalue weighted by molar-refractivity contribution is 0.326. The molecule has 0 amide bonds. The minimum Gasteiger partial charge on any atom is -0.313 e. The fourth-order valence-electron chi connectivity index (χ4n) is 2.22. The number of hydrogen-bond donors (Lipinski definition) is 1. The molecule has 0 radical (unpaired) electrons. The third-order valence-corrected chi connectivity index (χ3v) is 4.48. The Labute approximate surface area is 123 Å². The van der Waals surface area contributed by atoms with Crippen LogP contribution >= 0.6 is 0 Å². The zero-order valence-electron chi connectivity index (χ0n) is 12.9. The van der Waals surface area contributed by atoms with Gasteiger partial charge >= 0.3 is 0 Å². The predicted octanol–water partition coefficient (Wildman–Crippen LogP) is 1.62. The Balaban J connectivity index is 2.52. The Hall–Kier alpha value is -0.910. The maximum Gasteiger partial charge on any atom is 0.148 e. The first-order valence-corrected chi connectivity index (χ1v) is 8.98. The van der Waals surface area contributed by atoms with Crippen LogP contribution in [0.3, 0.4) is 0 Å². The van der Waals surface area contributed by atoms with Gasteiger partial charge in [-0.25, -0.2) is 8.42 Å². The molecule has 0 aromatic heterocycles. The molecule has 1 N–H and O–H groups in total. The van der Waals surface area contributed by atoms with Crippen molar-refractivity contribution in [2.24, 2.45) is 0 Å². The Morgan fingerprint density at radius 3 is 2.45 bits per heavy atom. The van der Waals surface area contributed by atoms with Crippen molar-refractivity contribution in [2.75, 3.05) is 39.2 Å². The monoisotopic (exact) mass is 298 g/mol. The number of aryl methyl sites for hydroxylation is 1. The van der Waals surface area contributed by atoms with Gasteiger partial charge < -0.3 is 10.2 Å². The number of nitrogens with zero attached hydrogens (tertiary/aromatic N) is 1. The molecule has 4 nitrogen and oxygen atoms in total. The highest BCUT2D eigenvalue weighted by Gasteiger charge is 2.13. The van der Waals surface area contributed by atoms with Gasteiger partial charge in [-0.3, -0.25) is 0 Å². The van der Waals surface area contributed by atoms with Crippen molar-refractivity contribution in [3.05, 3.63) is 35.4 Å². The summed E-state index contributed by atoms with van der Waals surface area (Å²) >= 11 is 0. The summed E-state index contributed by atoms with van der Waals surface area (Å²) in [4.78, 5) is 2.07. The van der Waals surface area contributed by atoms with Gasteiger partial charge in [-0.05, 0) is 45.1 Å². The number of sulfone groups is 1. The van der Waals surface area contributed by atoms with E-state index in [1.165, 1.54) is 17.4 Å². The predicted molar refractivity (Wildman–Crippen MR) is 84.8 cm³/mol. The van der Waals surface area contributed by atoms with Gasteiger partial charge in [-0.15, -0.1) is 0 Å². The summed E-state index contributed by atoms with van der Waals surface area (Å²) in [6.07, 6.45) is 2.24. The van der Waals surface area contributed by atoms with E-state index in [0.717, 1.165) is 13.0 Å². The van der Waals surface area contributed by atoms with Crippen LogP contribution in [0.1, 0.15) is 23.6 Å². The lowest BCUT2D eigenvalue weighted by Crippen LogP contribution is -2.29. The van der Waals surface area contributed by atoms with Crippen LogP contribution in [0.5, 0.6) is 0 Å². The first-order valence-electron chi connectivity index (χ1n) is 6.92. The second-order valence-corrected chi connectivity index (χ2v) is 7.68. The van der Waals surface area contributed by atoms with Gasteiger partial charge in [0.05, 0.1) is 5.75 Å². The minimum absolute atomic E-state index is 0.220. The third kappa shape index (κ3) is 6.03. The van der Waals surface area contributed by atoms with E-state index in [9.17, 15) is 8.42 Å². The van der Waals surface area contributed by atoms with Gasteiger partial charge in [0.1, 0.15) is 9.84 Å². The highest BCUT2D eigenvalue weighted by molar-refractivity contribution is 7.90. The average molecular weight is 298 g/mol. The van der Waals surface area contributed by atoms with E-state index < -0.39 is 9.84 Å². The molecule has 0 heterocycles. The average Bonchev–Trinajstić information content (AvgIpc) is 2.38. The van der Waals surface area contributed by atoms with E-state index in [4.69, 9.17) is 0 Å². The number of nitrogens with one attached hydrogen (secondary N) is 1. The molecule has 20 heavy (non-hydrogen) atoms. The molecular formula is C15H26N2O2S. The SMILES string of the molecule is CNC(CCN(C)CCS(C)(=O)=O)c1ccccc1C. The van der Waals surface area contributed by atoms with Crippen LogP contribution in [0.4, 0.5) is 0 Å². The van der Waals surface area contributed by atoms with Gasteiger partial charge in [-0.2, -0.15) is 0 Å². The van der Waals surface area contributed by atoms with E-state index >= 15 is 0 Å². The van der Waals surface area contributed by atoms with Gasteiger partial charge in [0.2, 0.25) is 0 Å². The summed E-state index contributed by atoms with van der Waals surface area (Å²) in [6, 6.07) is 8.67. The standard InChI is InChI=1S/C15H26N2O2S/c1-13-7-5-6-8-14(13)15(16-2)9-10-17(3)11-12-20(4,18)19/h5-8,15-16H,9-12H2,1-4H3. The Morgan fingerprint density at radius 2 is 1.90 bits per heavy atom. The van der Waals surface area contributed by atoms with Gasteiger partial charge in [-0.1, -0.05) is 24.3 Å². The van der Waals surface area contributed by atoms with E-state index in [-0.39, 0.29) is 5.75 Å². The quantitative estimate of drug-likeness (QED) is 0.792. The molecule has 1 atom stereocenters. The fraction of sp³-hybridized carbons (Fsp3) is 0.600. The maximum atomic E-state index is 11.2. The Kier molecular flexibility index (Phi) is 6.65. The van der Waals surface area contributed by atoms with Crippen molar-refractivity contribution in [2.45, 2.75) is 19.4 Å².